The SMILES string of the molecule is Fc1cc(CCS)c(F)nc1F. The zero-order valence-corrected chi connectivity index (χ0v) is 6.91. The summed E-state index contributed by atoms with van der Waals surface area (Å²) in [6.45, 7) is 0. The van der Waals surface area contributed by atoms with Gasteiger partial charge in [0.1, 0.15) is 0 Å². The second kappa shape index (κ2) is 3.80. The van der Waals surface area contributed by atoms with E-state index in [1.165, 1.54) is 0 Å². The summed E-state index contributed by atoms with van der Waals surface area (Å²) in [4.78, 5) is 2.75. The molecular weight excluding hydrogens is 187 g/mol. The average Bonchev–Trinajstić information content (AvgIpc) is 2.01. The maximum absolute atomic E-state index is 12.7. The number of nitrogens with zero attached hydrogens (tertiary/aromatic N) is 1. The minimum absolute atomic E-state index is 0.0453. The summed E-state index contributed by atoms with van der Waals surface area (Å²) in [5, 5.41) is 0. The summed E-state index contributed by atoms with van der Waals surface area (Å²) in [5.74, 6) is -3.14. The van der Waals surface area contributed by atoms with Crippen molar-refractivity contribution in [2.24, 2.45) is 0 Å². The van der Waals surface area contributed by atoms with Gasteiger partial charge in [0.2, 0.25) is 5.95 Å². The van der Waals surface area contributed by atoms with Crippen molar-refractivity contribution < 1.29 is 13.2 Å². The first-order valence-corrected chi connectivity index (χ1v) is 3.89. The molecule has 0 saturated heterocycles. The highest BCUT2D eigenvalue weighted by Gasteiger charge is 2.10. The summed E-state index contributed by atoms with van der Waals surface area (Å²) in [5.41, 5.74) is 0.0453. The van der Waals surface area contributed by atoms with Gasteiger partial charge in [0, 0.05) is 5.56 Å². The standard InChI is InChI=1S/C7H6F3NS/c8-5-3-4(1-2-12)6(9)11-7(5)10/h3,12H,1-2H2. The Kier molecular flexibility index (Phi) is 2.97. The van der Waals surface area contributed by atoms with Gasteiger partial charge in [-0.1, -0.05) is 0 Å². The van der Waals surface area contributed by atoms with Crippen LogP contribution in [0.3, 0.4) is 0 Å². The summed E-state index contributed by atoms with van der Waals surface area (Å²) in [6, 6.07) is 0.799. The van der Waals surface area contributed by atoms with Crippen LogP contribution in [-0.4, -0.2) is 10.7 Å². The fraction of sp³-hybridized carbons (Fsp3) is 0.286. The lowest BCUT2D eigenvalue weighted by atomic mass is 10.2. The topological polar surface area (TPSA) is 12.9 Å². The first-order valence-electron chi connectivity index (χ1n) is 3.26. The minimum Gasteiger partial charge on any atom is -0.202 e. The van der Waals surface area contributed by atoms with Crippen LogP contribution >= 0.6 is 12.6 Å². The molecule has 0 aliphatic heterocycles. The van der Waals surface area contributed by atoms with E-state index >= 15 is 0 Å². The van der Waals surface area contributed by atoms with Gasteiger partial charge in [0.25, 0.3) is 5.95 Å². The van der Waals surface area contributed by atoms with Gasteiger partial charge in [-0.3, -0.25) is 0 Å². The van der Waals surface area contributed by atoms with Gasteiger partial charge in [-0.2, -0.15) is 26.4 Å². The zero-order chi connectivity index (χ0) is 9.14. The Morgan fingerprint density at radius 3 is 2.50 bits per heavy atom. The van der Waals surface area contributed by atoms with E-state index in [4.69, 9.17) is 0 Å². The number of thiol groups is 1. The molecule has 0 unspecified atom stereocenters. The Morgan fingerprint density at radius 1 is 1.25 bits per heavy atom. The first-order chi connectivity index (χ1) is 5.65. The van der Waals surface area contributed by atoms with E-state index in [1.807, 2.05) is 0 Å². The van der Waals surface area contributed by atoms with E-state index in [1.54, 1.807) is 0 Å². The Morgan fingerprint density at radius 2 is 1.92 bits per heavy atom. The Balaban J connectivity index is 3.05. The van der Waals surface area contributed by atoms with Crippen LogP contribution in [0.4, 0.5) is 13.2 Å². The van der Waals surface area contributed by atoms with Crippen molar-refractivity contribution in [1.82, 2.24) is 4.98 Å². The number of rotatable bonds is 2. The molecule has 66 valence electrons. The van der Waals surface area contributed by atoms with Crippen molar-refractivity contribution >= 4 is 12.6 Å². The summed E-state index contributed by atoms with van der Waals surface area (Å²) in [6.07, 6.45) is 0.235. The third-order valence-electron chi connectivity index (χ3n) is 1.34. The molecule has 0 saturated carbocycles. The molecule has 0 radical (unpaired) electrons. The smallest absolute Gasteiger partial charge is 0.202 e. The number of aryl methyl sites for hydroxylation is 1. The van der Waals surface area contributed by atoms with E-state index in [0.717, 1.165) is 6.07 Å². The van der Waals surface area contributed by atoms with Crippen molar-refractivity contribution in [1.29, 1.82) is 0 Å². The minimum atomic E-state index is -1.41. The van der Waals surface area contributed by atoms with Crippen LogP contribution in [0.5, 0.6) is 0 Å². The van der Waals surface area contributed by atoms with E-state index in [9.17, 15) is 13.2 Å². The summed E-state index contributed by atoms with van der Waals surface area (Å²) >= 11 is 3.83. The molecule has 1 nitrogen and oxygen atoms in total. The fourth-order valence-electron chi connectivity index (χ4n) is 0.779. The first kappa shape index (κ1) is 9.38. The van der Waals surface area contributed by atoms with Crippen molar-refractivity contribution in [2.75, 3.05) is 5.75 Å². The maximum atomic E-state index is 12.7. The van der Waals surface area contributed by atoms with Crippen LogP contribution in [0.2, 0.25) is 0 Å². The molecule has 0 aliphatic carbocycles. The molecule has 1 rings (SSSR count). The van der Waals surface area contributed by atoms with E-state index in [2.05, 4.69) is 17.6 Å². The van der Waals surface area contributed by atoms with Crippen molar-refractivity contribution in [3.8, 4) is 0 Å². The van der Waals surface area contributed by atoms with E-state index in [0.29, 0.717) is 5.75 Å². The maximum Gasteiger partial charge on any atom is 0.251 e. The quantitative estimate of drug-likeness (QED) is 0.559. The Hall–Kier alpha value is -0.710. The van der Waals surface area contributed by atoms with Gasteiger partial charge in [0.15, 0.2) is 5.82 Å². The van der Waals surface area contributed by atoms with Crippen LogP contribution in [0.15, 0.2) is 6.07 Å². The molecular formula is C7H6F3NS. The van der Waals surface area contributed by atoms with Crippen LogP contribution in [0.1, 0.15) is 5.56 Å². The predicted molar refractivity (Wildman–Crippen MR) is 41.7 cm³/mol. The fourth-order valence-corrected chi connectivity index (χ4v) is 1.02. The lowest BCUT2D eigenvalue weighted by molar-refractivity contribution is 0.442. The molecule has 0 amide bonds. The van der Waals surface area contributed by atoms with Crippen LogP contribution in [0.25, 0.3) is 0 Å². The van der Waals surface area contributed by atoms with E-state index < -0.39 is 17.7 Å². The lowest BCUT2D eigenvalue weighted by Crippen LogP contribution is -2.00. The molecule has 5 heteroatoms. The largest absolute Gasteiger partial charge is 0.251 e. The molecule has 1 heterocycles. The number of hydrogen-bond acceptors (Lipinski definition) is 2. The van der Waals surface area contributed by atoms with Gasteiger partial charge in [-0.15, -0.1) is 0 Å². The number of pyridine rings is 1. The third-order valence-corrected chi connectivity index (χ3v) is 1.56. The van der Waals surface area contributed by atoms with Gasteiger partial charge in [-0.05, 0) is 18.2 Å². The molecule has 1 aromatic heterocycles. The highest BCUT2D eigenvalue weighted by Crippen LogP contribution is 2.10. The molecule has 12 heavy (non-hydrogen) atoms. The summed E-state index contributed by atoms with van der Waals surface area (Å²) in [7, 11) is 0. The van der Waals surface area contributed by atoms with Gasteiger partial charge >= 0.3 is 0 Å². The zero-order valence-electron chi connectivity index (χ0n) is 6.02. The van der Waals surface area contributed by atoms with Gasteiger partial charge in [0.05, 0.1) is 0 Å². The molecule has 0 N–H and O–H groups in total. The number of hydrogen-bond donors (Lipinski definition) is 1. The Bertz CT molecular complexity index is 290. The molecule has 0 aromatic carbocycles. The molecule has 0 fully saturated rings. The van der Waals surface area contributed by atoms with Crippen LogP contribution in [0, 0.1) is 17.7 Å². The monoisotopic (exact) mass is 193 g/mol. The normalized spacial score (nSPS) is 10.3. The third kappa shape index (κ3) is 1.91. The highest BCUT2D eigenvalue weighted by atomic mass is 32.1. The molecule has 0 aliphatic rings. The molecule has 0 bridgehead atoms. The number of aromatic nitrogens is 1. The van der Waals surface area contributed by atoms with Crippen molar-refractivity contribution in [3.05, 3.63) is 29.3 Å². The van der Waals surface area contributed by atoms with Crippen LogP contribution in [-0.2, 0) is 6.42 Å². The predicted octanol–water partition coefficient (Wildman–Crippen LogP) is 1.97. The lowest BCUT2D eigenvalue weighted by Gasteiger charge is -1.99. The van der Waals surface area contributed by atoms with Crippen molar-refractivity contribution in [2.45, 2.75) is 6.42 Å². The van der Waals surface area contributed by atoms with E-state index in [-0.39, 0.29) is 12.0 Å². The van der Waals surface area contributed by atoms with Gasteiger partial charge in [-0.25, -0.2) is 4.39 Å². The number of halogens is 3. The molecule has 0 spiro atoms. The summed E-state index contributed by atoms with van der Waals surface area (Å²) < 4.78 is 37.4. The second-order valence-electron chi connectivity index (χ2n) is 2.18. The average molecular weight is 193 g/mol. The highest BCUT2D eigenvalue weighted by molar-refractivity contribution is 7.80. The molecule has 0 atom stereocenters. The van der Waals surface area contributed by atoms with Crippen molar-refractivity contribution in [3.63, 3.8) is 0 Å². The van der Waals surface area contributed by atoms with Crippen LogP contribution < -0.4 is 0 Å². The van der Waals surface area contributed by atoms with Gasteiger partial charge < -0.3 is 0 Å². The molecule has 1 aromatic rings. The second-order valence-corrected chi connectivity index (χ2v) is 2.63. The Labute approximate surface area is 73.0 Å².